The van der Waals surface area contributed by atoms with Gasteiger partial charge in [-0.25, -0.2) is 15.0 Å². The summed E-state index contributed by atoms with van der Waals surface area (Å²) in [4.78, 5) is 15.1. The van der Waals surface area contributed by atoms with Gasteiger partial charge in [-0.15, -0.1) is 0 Å². The van der Waals surface area contributed by atoms with Gasteiger partial charge in [-0.2, -0.15) is 0 Å². The smallest absolute Gasteiger partial charge is 0.166 e. The summed E-state index contributed by atoms with van der Waals surface area (Å²) in [7, 11) is 0. The minimum Gasteiger partial charge on any atom is -0.274 e. The Kier molecular flexibility index (Phi) is 2.71. The van der Waals surface area contributed by atoms with E-state index in [9.17, 15) is 0 Å². The molecule has 3 aromatic heterocycles. The van der Waals surface area contributed by atoms with E-state index in [1.807, 2.05) is 36.4 Å². The molecule has 0 spiro atoms. The van der Waals surface area contributed by atoms with E-state index < -0.39 is 0 Å². The van der Waals surface area contributed by atoms with Gasteiger partial charge in [0, 0.05) is 10.8 Å². The number of rotatable bonds is 0. The molecule has 0 saturated carbocycles. The van der Waals surface area contributed by atoms with Gasteiger partial charge < -0.3 is 0 Å². The first-order valence-corrected chi connectivity index (χ1v) is 9.66. The highest BCUT2D eigenvalue weighted by atomic mass is 15.1. The third-order valence-corrected chi connectivity index (χ3v) is 5.73. The number of para-hydroxylation sites is 4. The first-order valence-electron chi connectivity index (χ1n) is 9.66. The summed E-state index contributed by atoms with van der Waals surface area (Å²) >= 11 is 0. The largest absolute Gasteiger partial charge is 0.274 e. The van der Waals surface area contributed by atoms with Crippen molar-refractivity contribution in [3.8, 4) is 0 Å². The Labute approximate surface area is 165 Å². The van der Waals surface area contributed by atoms with Crippen LogP contribution in [0.15, 0.2) is 84.9 Å². The van der Waals surface area contributed by atoms with Crippen LogP contribution >= 0.6 is 0 Å². The van der Waals surface area contributed by atoms with Crippen LogP contribution in [-0.4, -0.2) is 19.4 Å². The topological polar surface area (TPSA) is 43.1 Å². The zero-order valence-electron chi connectivity index (χ0n) is 15.4. The van der Waals surface area contributed by atoms with E-state index in [2.05, 4.69) is 52.9 Å². The normalized spacial score (nSPS) is 12.1. The van der Waals surface area contributed by atoms with Crippen LogP contribution in [0, 0.1) is 0 Å². The Bertz CT molecular complexity index is 1760. The molecule has 0 unspecified atom stereocenters. The molecule has 0 aliphatic carbocycles. The van der Waals surface area contributed by atoms with Crippen LogP contribution in [0.25, 0.3) is 60.4 Å². The molecule has 4 heteroatoms. The van der Waals surface area contributed by atoms with Gasteiger partial charge in [-0.3, -0.25) is 4.40 Å². The average Bonchev–Trinajstić information content (AvgIpc) is 3.17. The first-order chi connectivity index (χ1) is 14.4. The van der Waals surface area contributed by atoms with E-state index >= 15 is 0 Å². The minimum atomic E-state index is 0.844. The molecule has 0 bridgehead atoms. The molecule has 0 aliphatic rings. The fourth-order valence-electron chi connectivity index (χ4n) is 4.45. The lowest BCUT2D eigenvalue weighted by Gasteiger charge is -2.11. The second-order valence-corrected chi connectivity index (χ2v) is 7.35. The van der Waals surface area contributed by atoms with E-state index in [-0.39, 0.29) is 0 Å². The molecule has 29 heavy (non-hydrogen) atoms. The molecule has 0 aliphatic heterocycles. The van der Waals surface area contributed by atoms with Gasteiger partial charge in [0.05, 0.1) is 22.1 Å². The van der Waals surface area contributed by atoms with Gasteiger partial charge >= 0.3 is 0 Å². The molecule has 134 valence electrons. The fraction of sp³-hybridized carbons (Fsp3) is 0. The number of hydrogen-bond acceptors (Lipinski definition) is 3. The van der Waals surface area contributed by atoms with Crippen molar-refractivity contribution in [2.45, 2.75) is 0 Å². The quantitative estimate of drug-likeness (QED) is 0.247. The zero-order chi connectivity index (χ0) is 18.9. The molecule has 3 heterocycles. The molecule has 0 fully saturated rings. The third kappa shape index (κ3) is 1.90. The first kappa shape index (κ1) is 14.9. The van der Waals surface area contributed by atoms with Crippen molar-refractivity contribution in [1.82, 2.24) is 19.4 Å². The Hall–Kier alpha value is -4.05. The summed E-state index contributed by atoms with van der Waals surface area (Å²) in [5.41, 5.74) is 6.47. The second kappa shape index (κ2) is 5.26. The standard InChI is InChI=1S/C25H14N4/c1-2-8-16-15(7-1)13-14-17-22(16)23-25(27-19-10-4-3-9-18(19)26-23)29-21-12-6-5-11-20(21)28-24(17)29/h1-14H. The van der Waals surface area contributed by atoms with Crippen molar-refractivity contribution < 1.29 is 0 Å². The maximum atomic E-state index is 5.08. The Morgan fingerprint density at radius 2 is 1.21 bits per heavy atom. The van der Waals surface area contributed by atoms with Crippen LogP contribution in [0.4, 0.5) is 0 Å². The molecule has 7 rings (SSSR count). The predicted molar refractivity (Wildman–Crippen MR) is 118 cm³/mol. The molecule has 4 nitrogen and oxygen atoms in total. The van der Waals surface area contributed by atoms with Crippen LogP contribution in [0.1, 0.15) is 0 Å². The SMILES string of the molecule is c1ccc2c(c1)ccc1c2c2nc3ccccc3nc2n2c3ccccc3nc12. The van der Waals surface area contributed by atoms with Crippen molar-refractivity contribution in [1.29, 1.82) is 0 Å². The number of pyridine rings is 1. The van der Waals surface area contributed by atoms with Crippen molar-refractivity contribution in [3.05, 3.63) is 84.9 Å². The van der Waals surface area contributed by atoms with Crippen LogP contribution in [-0.2, 0) is 0 Å². The van der Waals surface area contributed by atoms with Crippen LogP contribution in [0.2, 0.25) is 0 Å². The summed E-state index contributed by atoms with van der Waals surface area (Å²) < 4.78 is 2.15. The van der Waals surface area contributed by atoms with Crippen LogP contribution in [0.5, 0.6) is 0 Å². The number of hydrogen-bond donors (Lipinski definition) is 0. The molecule has 7 aromatic rings. The maximum absolute atomic E-state index is 5.08. The van der Waals surface area contributed by atoms with Crippen molar-refractivity contribution in [2.75, 3.05) is 0 Å². The highest BCUT2D eigenvalue weighted by Gasteiger charge is 2.17. The molecule has 0 saturated heterocycles. The maximum Gasteiger partial charge on any atom is 0.166 e. The Balaban J connectivity index is 1.90. The van der Waals surface area contributed by atoms with Gasteiger partial charge in [-0.1, -0.05) is 54.6 Å². The molecular weight excluding hydrogens is 356 g/mol. The van der Waals surface area contributed by atoms with Crippen molar-refractivity contribution in [3.63, 3.8) is 0 Å². The average molecular weight is 370 g/mol. The van der Waals surface area contributed by atoms with Gasteiger partial charge in [0.2, 0.25) is 0 Å². The van der Waals surface area contributed by atoms with E-state index in [1.54, 1.807) is 0 Å². The highest BCUT2D eigenvalue weighted by Crippen LogP contribution is 2.35. The van der Waals surface area contributed by atoms with Gasteiger partial charge in [0.25, 0.3) is 0 Å². The Morgan fingerprint density at radius 1 is 0.517 bits per heavy atom. The summed E-state index contributed by atoms with van der Waals surface area (Å²) in [5, 5.41) is 4.57. The van der Waals surface area contributed by atoms with E-state index in [0.717, 1.165) is 49.7 Å². The number of benzene rings is 4. The van der Waals surface area contributed by atoms with Crippen molar-refractivity contribution in [2.24, 2.45) is 0 Å². The highest BCUT2D eigenvalue weighted by molar-refractivity contribution is 6.22. The summed E-state index contributed by atoms with van der Waals surface area (Å²) in [6.07, 6.45) is 0. The number of imidazole rings is 1. The van der Waals surface area contributed by atoms with Crippen LogP contribution < -0.4 is 0 Å². The molecule has 4 aromatic carbocycles. The number of aromatic nitrogens is 4. The number of nitrogens with zero attached hydrogens (tertiary/aromatic N) is 4. The molecule has 0 amide bonds. The lowest BCUT2D eigenvalue weighted by Crippen LogP contribution is -1.98. The van der Waals surface area contributed by atoms with E-state index in [4.69, 9.17) is 15.0 Å². The summed E-state index contributed by atoms with van der Waals surface area (Å²) in [6.45, 7) is 0. The summed E-state index contributed by atoms with van der Waals surface area (Å²) in [6, 6.07) is 29.0. The monoisotopic (exact) mass is 370 g/mol. The van der Waals surface area contributed by atoms with Gasteiger partial charge in [-0.05, 0) is 41.1 Å². The fourth-order valence-corrected chi connectivity index (χ4v) is 4.45. The Morgan fingerprint density at radius 3 is 2.10 bits per heavy atom. The molecule has 0 N–H and O–H groups in total. The predicted octanol–water partition coefficient (Wildman–Crippen LogP) is 5.89. The van der Waals surface area contributed by atoms with Crippen LogP contribution in [0.3, 0.4) is 0 Å². The minimum absolute atomic E-state index is 0.844. The molecular formula is C25H14N4. The van der Waals surface area contributed by atoms with Gasteiger partial charge in [0.1, 0.15) is 11.2 Å². The van der Waals surface area contributed by atoms with E-state index in [0.29, 0.717) is 0 Å². The van der Waals surface area contributed by atoms with E-state index in [1.165, 1.54) is 10.8 Å². The lowest BCUT2D eigenvalue weighted by atomic mass is 10.0. The summed E-state index contributed by atoms with van der Waals surface area (Å²) in [5.74, 6) is 0. The van der Waals surface area contributed by atoms with Crippen molar-refractivity contribution >= 4 is 60.4 Å². The third-order valence-electron chi connectivity index (χ3n) is 5.73. The molecule has 0 atom stereocenters. The zero-order valence-corrected chi connectivity index (χ0v) is 15.4. The van der Waals surface area contributed by atoms with Gasteiger partial charge in [0.15, 0.2) is 5.65 Å². The second-order valence-electron chi connectivity index (χ2n) is 7.35. The number of fused-ring (bicyclic) bond motifs is 11. The lowest BCUT2D eigenvalue weighted by molar-refractivity contribution is 1.24. The molecule has 0 radical (unpaired) electrons.